The number of aromatic nitrogens is 4. The Morgan fingerprint density at radius 2 is 0.816 bits per heavy atom. The van der Waals surface area contributed by atoms with Gasteiger partial charge in [0, 0.05) is 51.0 Å². The van der Waals surface area contributed by atoms with Gasteiger partial charge in [-0.05, 0) is 94.3 Å². The first-order valence-corrected chi connectivity index (χ1v) is 16.6. The average molecular weight is 626 g/mol. The van der Waals surface area contributed by atoms with Crippen LogP contribution < -0.4 is 4.90 Å². The van der Waals surface area contributed by atoms with Gasteiger partial charge in [-0.3, -0.25) is 9.13 Å². The zero-order chi connectivity index (χ0) is 32.1. The standard InChI is InChI=1S/C44H27N5/c1-2-12-32(13-3-1)47(33-24-30-20-18-28-10-8-14-35-41(28)43(30)37(26-33)48(35)39-16-4-6-22-45-39)34-25-31-21-19-29-11-9-15-36-42(29)44(31)38(27-34)49(36)40-17-5-7-23-46-40/h1-27H. The first kappa shape index (κ1) is 26.4. The molecule has 0 atom stereocenters. The largest absolute Gasteiger partial charge is 0.310 e. The molecule has 49 heavy (non-hydrogen) atoms. The molecule has 0 bridgehead atoms. The average Bonchev–Trinajstić information content (AvgIpc) is 3.68. The Kier molecular flexibility index (Phi) is 5.32. The van der Waals surface area contributed by atoms with Gasteiger partial charge in [0.15, 0.2) is 0 Å². The van der Waals surface area contributed by atoms with Crippen molar-refractivity contribution in [3.8, 4) is 11.6 Å². The molecule has 4 aromatic heterocycles. The van der Waals surface area contributed by atoms with Gasteiger partial charge in [0.2, 0.25) is 0 Å². The van der Waals surface area contributed by atoms with Crippen molar-refractivity contribution in [3.05, 3.63) is 164 Å². The fraction of sp³-hybridized carbons (Fsp3) is 0. The van der Waals surface area contributed by atoms with E-state index in [0.29, 0.717) is 0 Å². The topological polar surface area (TPSA) is 38.9 Å². The molecule has 11 rings (SSSR count). The molecule has 0 fully saturated rings. The molecule has 7 aromatic carbocycles. The number of hydrogen-bond donors (Lipinski definition) is 0. The minimum atomic E-state index is 0.905. The predicted octanol–water partition coefficient (Wildman–Crippen LogP) is 11.3. The van der Waals surface area contributed by atoms with Crippen LogP contribution in [0.5, 0.6) is 0 Å². The van der Waals surface area contributed by atoms with Gasteiger partial charge in [0.25, 0.3) is 0 Å². The molecule has 0 amide bonds. The second-order valence-electron chi connectivity index (χ2n) is 12.7. The first-order chi connectivity index (χ1) is 24.3. The second-order valence-corrected chi connectivity index (χ2v) is 12.7. The fourth-order valence-electron chi connectivity index (χ4n) is 8.10. The SMILES string of the molecule is c1ccc(N(c2cc3ccc4cccc5c4c3c(c2)n5-c2ccccn2)c2cc3ccc4cccc5c4c3c(c2)n5-c2ccccn2)cc1. The Bertz CT molecular complexity index is 2790. The molecule has 5 heteroatoms. The number of anilines is 3. The molecule has 228 valence electrons. The third-order valence-electron chi connectivity index (χ3n) is 10.1. The van der Waals surface area contributed by atoms with Gasteiger partial charge in [-0.15, -0.1) is 0 Å². The third kappa shape index (κ3) is 3.70. The van der Waals surface area contributed by atoms with Crippen molar-refractivity contribution in [2.24, 2.45) is 0 Å². The van der Waals surface area contributed by atoms with Crippen LogP contribution in [0.2, 0.25) is 0 Å². The van der Waals surface area contributed by atoms with E-state index < -0.39 is 0 Å². The van der Waals surface area contributed by atoms with Crippen molar-refractivity contribution in [3.63, 3.8) is 0 Å². The molecule has 11 aromatic rings. The first-order valence-electron chi connectivity index (χ1n) is 16.6. The molecular weight excluding hydrogens is 599 g/mol. The summed E-state index contributed by atoms with van der Waals surface area (Å²) in [6.07, 6.45) is 3.74. The lowest BCUT2D eigenvalue weighted by atomic mass is 10.00. The molecule has 5 nitrogen and oxygen atoms in total. The lowest BCUT2D eigenvalue weighted by Crippen LogP contribution is -2.10. The maximum absolute atomic E-state index is 4.83. The fourth-order valence-corrected chi connectivity index (χ4v) is 8.10. The highest BCUT2D eigenvalue weighted by Gasteiger charge is 2.23. The van der Waals surface area contributed by atoms with Gasteiger partial charge >= 0.3 is 0 Å². The lowest BCUT2D eigenvalue weighted by Gasteiger charge is -2.27. The van der Waals surface area contributed by atoms with Crippen LogP contribution >= 0.6 is 0 Å². The summed E-state index contributed by atoms with van der Waals surface area (Å²) in [5.74, 6) is 1.81. The monoisotopic (exact) mass is 625 g/mol. The van der Waals surface area contributed by atoms with Crippen molar-refractivity contribution in [2.75, 3.05) is 4.90 Å². The number of pyridine rings is 2. The summed E-state index contributed by atoms with van der Waals surface area (Å²) in [6.45, 7) is 0. The van der Waals surface area contributed by atoms with E-state index in [1.54, 1.807) is 0 Å². The summed E-state index contributed by atoms with van der Waals surface area (Å²) in [5.41, 5.74) is 7.83. The van der Waals surface area contributed by atoms with Crippen LogP contribution in [0.4, 0.5) is 17.1 Å². The van der Waals surface area contributed by atoms with Gasteiger partial charge in [0.1, 0.15) is 11.6 Å². The molecule has 0 saturated carbocycles. The van der Waals surface area contributed by atoms with Gasteiger partial charge < -0.3 is 4.90 Å². The van der Waals surface area contributed by atoms with E-state index >= 15 is 0 Å². The van der Waals surface area contributed by atoms with Crippen molar-refractivity contribution in [1.82, 2.24) is 19.1 Å². The summed E-state index contributed by atoms with van der Waals surface area (Å²) in [5, 5.41) is 9.91. The molecule has 0 N–H and O–H groups in total. The van der Waals surface area contributed by atoms with Crippen LogP contribution in [-0.4, -0.2) is 19.1 Å². The van der Waals surface area contributed by atoms with Crippen LogP contribution in [0.25, 0.3) is 76.8 Å². The van der Waals surface area contributed by atoms with Crippen LogP contribution in [0, 0.1) is 0 Å². The van der Waals surface area contributed by atoms with Crippen molar-refractivity contribution in [2.45, 2.75) is 0 Å². The molecule has 0 spiro atoms. The minimum absolute atomic E-state index is 0.905. The third-order valence-corrected chi connectivity index (χ3v) is 10.1. The van der Waals surface area contributed by atoms with Crippen LogP contribution in [0.15, 0.2) is 164 Å². The smallest absolute Gasteiger partial charge is 0.137 e. The van der Waals surface area contributed by atoms with E-state index in [0.717, 1.165) is 50.8 Å². The van der Waals surface area contributed by atoms with Gasteiger partial charge in [-0.2, -0.15) is 0 Å². The number of benzene rings is 7. The molecule has 4 heterocycles. The Morgan fingerprint density at radius 1 is 0.347 bits per heavy atom. The molecule has 0 aliphatic carbocycles. The summed E-state index contributed by atoms with van der Waals surface area (Å²) >= 11 is 0. The predicted molar refractivity (Wildman–Crippen MR) is 203 cm³/mol. The highest BCUT2D eigenvalue weighted by atomic mass is 15.2. The van der Waals surface area contributed by atoms with Crippen LogP contribution in [0.1, 0.15) is 0 Å². The highest BCUT2D eigenvalue weighted by Crippen LogP contribution is 2.46. The van der Waals surface area contributed by atoms with Gasteiger partial charge in [-0.25, -0.2) is 9.97 Å². The molecule has 0 unspecified atom stereocenters. The summed E-state index contributed by atoms with van der Waals surface area (Å²) in [6, 6.07) is 54.4. The van der Waals surface area contributed by atoms with E-state index in [9.17, 15) is 0 Å². The quantitative estimate of drug-likeness (QED) is 0.179. The van der Waals surface area contributed by atoms with Crippen molar-refractivity contribution >= 4 is 82.2 Å². The number of rotatable bonds is 5. The molecular formula is C44H27N5. The van der Waals surface area contributed by atoms with E-state index in [1.165, 1.54) is 43.1 Å². The second kappa shape index (κ2) is 9.89. The Hall–Kier alpha value is -6.72. The van der Waals surface area contributed by atoms with Crippen molar-refractivity contribution in [1.29, 1.82) is 0 Å². The van der Waals surface area contributed by atoms with E-state index in [2.05, 4.69) is 154 Å². The number of para-hydroxylation sites is 1. The Balaban J connectivity index is 1.25. The molecule has 0 radical (unpaired) electrons. The minimum Gasteiger partial charge on any atom is -0.310 e. The van der Waals surface area contributed by atoms with Crippen LogP contribution in [-0.2, 0) is 0 Å². The summed E-state index contributed by atoms with van der Waals surface area (Å²) < 4.78 is 4.63. The van der Waals surface area contributed by atoms with Crippen molar-refractivity contribution < 1.29 is 0 Å². The summed E-state index contributed by atoms with van der Waals surface area (Å²) in [4.78, 5) is 12.0. The van der Waals surface area contributed by atoms with E-state index in [-0.39, 0.29) is 0 Å². The highest BCUT2D eigenvalue weighted by molar-refractivity contribution is 6.26. The maximum atomic E-state index is 4.83. The molecule has 0 aliphatic heterocycles. The number of hydrogen-bond acceptors (Lipinski definition) is 3. The maximum Gasteiger partial charge on any atom is 0.137 e. The van der Waals surface area contributed by atoms with Gasteiger partial charge in [-0.1, -0.05) is 78.9 Å². The molecule has 0 aliphatic rings. The van der Waals surface area contributed by atoms with Gasteiger partial charge in [0.05, 0.1) is 22.1 Å². The summed E-state index contributed by atoms with van der Waals surface area (Å²) in [7, 11) is 0. The Labute approximate surface area is 281 Å². The Morgan fingerprint density at radius 3 is 1.31 bits per heavy atom. The van der Waals surface area contributed by atoms with E-state index in [1.807, 2.05) is 24.5 Å². The zero-order valence-corrected chi connectivity index (χ0v) is 26.3. The van der Waals surface area contributed by atoms with Crippen LogP contribution in [0.3, 0.4) is 0 Å². The normalized spacial score (nSPS) is 12.1. The lowest BCUT2D eigenvalue weighted by molar-refractivity contribution is 1.08. The number of nitrogens with zero attached hydrogens (tertiary/aromatic N) is 5. The zero-order valence-electron chi connectivity index (χ0n) is 26.3. The molecule has 0 saturated heterocycles. The van der Waals surface area contributed by atoms with E-state index in [4.69, 9.17) is 9.97 Å².